The summed E-state index contributed by atoms with van der Waals surface area (Å²) in [6.07, 6.45) is 1.05. The molecule has 28 heavy (non-hydrogen) atoms. The van der Waals surface area contributed by atoms with Gasteiger partial charge in [0.1, 0.15) is 26.5 Å². The number of hydrogen-bond acceptors (Lipinski definition) is 3. The lowest BCUT2D eigenvalue weighted by molar-refractivity contribution is 0.224. The summed E-state index contributed by atoms with van der Waals surface area (Å²) < 4.78 is 6.13. The lowest BCUT2D eigenvalue weighted by Crippen LogP contribution is -2.17. The SMILES string of the molecule is C[Si](C)(C)C#Cc1c2c(cc3c1C(O)c1cccnc1-3)OCc1ccccc1-2. The van der Waals surface area contributed by atoms with E-state index in [0.717, 1.165) is 50.4 Å². The summed E-state index contributed by atoms with van der Waals surface area (Å²) in [7, 11) is -1.61. The molecule has 1 aliphatic carbocycles. The Balaban J connectivity index is 1.87. The van der Waals surface area contributed by atoms with Gasteiger partial charge in [0, 0.05) is 34.0 Å². The third-order valence-corrected chi connectivity index (χ3v) is 6.10. The van der Waals surface area contributed by atoms with Crippen molar-refractivity contribution in [3.05, 3.63) is 70.9 Å². The molecule has 138 valence electrons. The van der Waals surface area contributed by atoms with Crippen LogP contribution in [-0.4, -0.2) is 18.2 Å². The second kappa shape index (κ2) is 6.06. The molecule has 2 heterocycles. The molecular formula is C24H21NO2Si. The standard InChI is InChI=1S/C24H21NO2Si/c1-28(2,3)12-10-17-21-16-8-5-4-7-15(16)14-27-20(21)13-19-22(17)24(26)18-9-6-11-25-23(18)19/h4-9,11,13,24,26H,14H2,1-3H3. The van der Waals surface area contributed by atoms with Crippen LogP contribution in [0.3, 0.4) is 0 Å². The normalized spacial score (nSPS) is 16.1. The third-order valence-electron chi connectivity index (χ3n) is 5.23. The molecular weight excluding hydrogens is 362 g/mol. The van der Waals surface area contributed by atoms with Crippen molar-refractivity contribution in [2.24, 2.45) is 0 Å². The van der Waals surface area contributed by atoms with Crippen molar-refractivity contribution in [1.29, 1.82) is 0 Å². The maximum Gasteiger partial charge on any atom is 0.129 e. The minimum absolute atomic E-state index is 0.542. The van der Waals surface area contributed by atoms with E-state index in [-0.39, 0.29) is 0 Å². The molecule has 1 unspecified atom stereocenters. The number of rotatable bonds is 0. The lowest BCUT2D eigenvalue weighted by atomic mass is 9.88. The van der Waals surface area contributed by atoms with Crippen LogP contribution in [0.4, 0.5) is 0 Å². The first-order chi connectivity index (χ1) is 13.4. The first kappa shape index (κ1) is 17.2. The lowest BCUT2D eigenvalue weighted by Gasteiger charge is -2.24. The zero-order valence-corrected chi connectivity index (χ0v) is 17.2. The highest BCUT2D eigenvalue weighted by atomic mass is 28.3. The van der Waals surface area contributed by atoms with Crippen LogP contribution >= 0.6 is 0 Å². The highest BCUT2D eigenvalue weighted by Crippen LogP contribution is 2.51. The minimum Gasteiger partial charge on any atom is -0.488 e. The van der Waals surface area contributed by atoms with Crippen molar-refractivity contribution in [2.45, 2.75) is 32.4 Å². The number of hydrogen-bond donors (Lipinski definition) is 1. The number of aliphatic hydroxyl groups is 1. The van der Waals surface area contributed by atoms with Gasteiger partial charge in [-0.1, -0.05) is 55.9 Å². The van der Waals surface area contributed by atoms with Gasteiger partial charge in [-0.15, -0.1) is 5.54 Å². The molecule has 1 atom stereocenters. The molecule has 0 bridgehead atoms. The predicted molar refractivity (Wildman–Crippen MR) is 114 cm³/mol. The molecule has 2 aliphatic rings. The van der Waals surface area contributed by atoms with Crippen molar-refractivity contribution in [3.8, 4) is 39.6 Å². The van der Waals surface area contributed by atoms with Gasteiger partial charge < -0.3 is 9.84 Å². The monoisotopic (exact) mass is 383 g/mol. The molecule has 0 amide bonds. The Hall–Kier alpha value is -2.87. The molecule has 1 N–H and O–H groups in total. The van der Waals surface area contributed by atoms with Crippen molar-refractivity contribution < 1.29 is 9.84 Å². The maximum absolute atomic E-state index is 11.2. The van der Waals surface area contributed by atoms with Crippen LogP contribution in [0.2, 0.25) is 19.6 Å². The Bertz CT molecular complexity index is 1180. The Morgan fingerprint density at radius 2 is 1.93 bits per heavy atom. The topological polar surface area (TPSA) is 42.4 Å². The van der Waals surface area contributed by atoms with E-state index < -0.39 is 14.2 Å². The maximum atomic E-state index is 11.2. The van der Waals surface area contributed by atoms with E-state index in [0.29, 0.717) is 6.61 Å². The van der Waals surface area contributed by atoms with Crippen molar-refractivity contribution >= 4 is 8.07 Å². The molecule has 3 aromatic rings. The summed E-state index contributed by atoms with van der Waals surface area (Å²) >= 11 is 0. The number of aliphatic hydroxyl groups excluding tert-OH is 1. The number of pyridine rings is 1. The molecule has 0 saturated heterocycles. The first-order valence-corrected chi connectivity index (χ1v) is 13.0. The van der Waals surface area contributed by atoms with Gasteiger partial charge in [0.25, 0.3) is 0 Å². The van der Waals surface area contributed by atoms with Gasteiger partial charge in [0.15, 0.2) is 0 Å². The molecule has 0 fully saturated rings. The molecule has 0 saturated carbocycles. The van der Waals surface area contributed by atoms with Gasteiger partial charge in [-0.3, -0.25) is 4.98 Å². The van der Waals surface area contributed by atoms with E-state index in [9.17, 15) is 5.11 Å². The van der Waals surface area contributed by atoms with E-state index in [1.807, 2.05) is 30.3 Å². The van der Waals surface area contributed by atoms with E-state index in [4.69, 9.17) is 4.74 Å². The van der Waals surface area contributed by atoms with Gasteiger partial charge in [-0.2, -0.15) is 0 Å². The van der Waals surface area contributed by atoms with E-state index in [1.54, 1.807) is 6.20 Å². The Labute approximate surface area is 166 Å². The average molecular weight is 384 g/mol. The van der Waals surface area contributed by atoms with Gasteiger partial charge >= 0.3 is 0 Å². The number of nitrogens with zero attached hydrogens (tertiary/aromatic N) is 1. The molecule has 0 radical (unpaired) electrons. The fraction of sp³-hybridized carbons (Fsp3) is 0.208. The van der Waals surface area contributed by atoms with Crippen molar-refractivity contribution in [2.75, 3.05) is 0 Å². The molecule has 2 aromatic carbocycles. The van der Waals surface area contributed by atoms with Gasteiger partial charge in [-0.25, -0.2) is 0 Å². The largest absolute Gasteiger partial charge is 0.488 e. The quantitative estimate of drug-likeness (QED) is 0.442. The third kappa shape index (κ3) is 2.59. The molecule has 3 nitrogen and oxygen atoms in total. The number of ether oxygens (including phenoxy) is 1. The Kier molecular flexibility index (Phi) is 3.73. The van der Waals surface area contributed by atoms with Crippen LogP contribution in [-0.2, 0) is 6.61 Å². The second-order valence-electron chi connectivity index (χ2n) is 8.38. The van der Waals surface area contributed by atoms with Crippen LogP contribution in [0.1, 0.15) is 28.4 Å². The van der Waals surface area contributed by atoms with Crippen LogP contribution in [0.5, 0.6) is 5.75 Å². The Morgan fingerprint density at radius 3 is 2.75 bits per heavy atom. The van der Waals surface area contributed by atoms with Gasteiger partial charge in [-0.05, 0) is 23.3 Å². The van der Waals surface area contributed by atoms with Crippen LogP contribution < -0.4 is 4.74 Å². The summed E-state index contributed by atoms with van der Waals surface area (Å²) in [6, 6.07) is 14.1. The van der Waals surface area contributed by atoms with Crippen LogP contribution in [0, 0.1) is 11.5 Å². The molecule has 1 aliphatic heterocycles. The van der Waals surface area contributed by atoms with E-state index >= 15 is 0 Å². The summed E-state index contributed by atoms with van der Waals surface area (Å²) in [4.78, 5) is 4.54. The highest BCUT2D eigenvalue weighted by Gasteiger charge is 2.35. The van der Waals surface area contributed by atoms with Crippen molar-refractivity contribution in [1.82, 2.24) is 4.98 Å². The number of benzene rings is 2. The second-order valence-corrected chi connectivity index (χ2v) is 13.1. The summed E-state index contributed by atoms with van der Waals surface area (Å²) in [5, 5.41) is 11.2. The average Bonchev–Trinajstić information content (AvgIpc) is 2.97. The highest BCUT2D eigenvalue weighted by molar-refractivity contribution is 6.83. The molecule has 5 rings (SSSR count). The Morgan fingerprint density at radius 1 is 1.11 bits per heavy atom. The smallest absolute Gasteiger partial charge is 0.129 e. The molecule has 4 heteroatoms. The van der Waals surface area contributed by atoms with Crippen molar-refractivity contribution in [3.63, 3.8) is 0 Å². The molecule has 0 spiro atoms. The summed E-state index contributed by atoms with van der Waals surface area (Å²) in [6.45, 7) is 7.23. The number of aromatic nitrogens is 1. The summed E-state index contributed by atoms with van der Waals surface area (Å²) in [5.41, 5.74) is 11.1. The summed E-state index contributed by atoms with van der Waals surface area (Å²) in [5.74, 6) is 4.29. The fourth-order valence-electron chi connectivity index (χ4n) is 3.98. The predicted octanol–water partition coefficient (Wildman–Crippen LogP) is 4.93. The van der Waals surface area contributed by atoms with Gasteiger partial charge in [0.05, 0.1) is 5.69 Å². The molecule has 1 aromatic heterocycles. The van der Waals surface area contributed by atoms with E-state index in [2.05, 4.69) is 48.2 Å². The zero-order chi connectivity index (χ0) is 19.5. The first-order valence-electron chi connectivity index (χ1n) is 9.52. The van der Waals surface area contributed by atoms with Gasteiger partial charge in [0.2, 0.25) is 0 Å². The fourth-order valence-corrected chi connectivity index (χ4v) is 4.48. The minimum atomic E-state index is -1.61. The zero-order valence-electron chi connectivity index (χ0n) is 16.2. The van der Waals surface area contributed by atoms with Crippen LogP contribution in [0.15, 0.2) is 48.7 Å². The van der Waals surface area contributed by atoms with Crippen LogP contribution in [0.25, 0.3) is 22.4 Å². The number of fused-ring (bicyclic) bond motifs is 6. The van der Waals surface area contributed by atoms with E-state index in [1.165, 1.54) is 0 Å².